The van der Waals surface area contributed by atoms with E-state index in [1.54, 1.807) is 12.3 Å². The molecule has 8 nitrogen and oxygen atoms in total. The maximum Gasteiger partial charge on any atom is 0.306 e. The van der Waals surface area contributed by atoms with Crippen molar-refractivity contribution >= 4 is 20.9 Å². The first-order chi connectivity index (χ1) is 16.5. The van der Waals surface area contributed by atoms with Crippen molar-refractivity contribution in [3.05, 3.63) is 77.2 Å². The summed E-state index contributed by atoms with van der Waals surface area (Å²) in [5.74, 6) is -1.49. The number of hydrazine groups is 1. The number of nitriles is 1. The molecule has 0 aliphatic carbocycles. The zero-order chi connectivity index (χ0) is 25.8. The van der Waals surface area contributed by atoms with Gasteiger partial charge in [-0.05, 0) is 42.3 Å². The Morgan fingerprint density at radius 1 is 1.09 bits per heavy atom. The number of nitrogens with zero attached hydrogens (tertiary/aromatic N) is 1. The van der Waals surface area contributed by atoms with Crippen molar-refractivity contribution < 1.29 is 23.5 Å². The molecule has 2 aromatic carbocycles. The molecule has 1 atom stereocenters. The van der Waals surface area contributed by atoms with Gasteiger partial charge in [0.05, 0.1) is 17.9 Å². The summed E-state index contributed by atoms with van der Waals surface area (Å²) in [4.78, 5) is 25.6. The number of carbonyl (C=O) groups excluding carboxylic acids is 2. The lowest BCUT2D eigenvalue weighted by molar-refractivity contribution is 0.0831. The molecule has 0 aliphatic rings. The molecular weight excluding hydrogens is 462 g/mol. The molecular formula is C26H28N3O5Si. The lowest BCUT2D eigenvalue weighted by Gasteiger charge is -2.32. The number of amides is 2. The first-order valence-corrected chi connectivity index (χ1v) is 13.4. The van der Waals surface area contributed by atoms with Crippen LogP contribution in [0.2, 0.25) is 13.1 Å². The van der Waals surface area contributed by atoms with Crippen molar-refractivity contribution in [1.82, 2.24) is 10.9 Å². The van der Waals surface area contributed by atoms with Crippen LogP contribution in [-0.4, -0.2) is 26.0 Å². The number of hydrogen-bond donors (Lipinski definition) is 3. The number of rotatable bonds is 6. The van der Waals surface area contributed by atoms with Crippen molar-refractivity contribution in [2.45, 2.75) is 40.0 Å². The van der Waals surface area contributed by atoms with Gasteiger partial charge in [-0.1, -0.05) is 51.1 Å². The van der Waals surface area contributed by atoms with Crippen LogP contribution in [0.3, 0.4) is 0 Å². The highest BCUT2D eigenvalue weighted by Gasteiger charge is 2.34. The van der Waals surface area contributed by atoms with Gasteiger partial charge in [0.1, 0.15) is 11.8 Å². The van der Waals surface area contributed by atoms with Gasteiger partial charge < -0.3 is 13.9 Å². The summed E-state index contributed by atoms with van der Waals surface area (Å²) in [6.07, 6.45) is 1.22. The third-order valence-electron chi connectivity index (χ3n) is 5.18. The minimum Gasteiger partial charge on any atom is -0.507 e. The largest absolute Gasteiger partial charge is 0.507 e. The smallest absolute Gasteiger partial charge is 0.306 e. The maximum absolute atomic E-state index is 13.1. The third kappa shape index (κ3) is 5.98. The van der Waals surface area contributed by atoms with Gasteiger partial charge in [0, 0.05) is 16.7 Å². The topological polar surface area (TPSA) is 125 Å². The van der Waals surface area contributed by atoms with E-state index in [2.05, 4.69) is 44.7 Å². The van der Waals surface area contributed by atoms with Gasteiger partial charge in [-0.15, -0.1) is 0 Å². The van der Waals surface area contributed by atoms with E-state index in [-0.39, 0.29) is 34.2 Å². The molecule has 3 N–H and O–H groups in total. The van der Waals surface area contributed by atoms with Gasteiger partial charge in [0.2, 0.25) is 14.8 Å². The summed E-state index contributed by atoms with van der Waals surface area (Å²) in [6, 6.07) is 15.0. The number of aromatic hydroxyl groups is 1. The van der Waals surface area contributed by atoms with Crippen LogP contribution < -0.4 is 10.9 Å². The monoisotopic (exact) mass is 490 g/mol. The molecule has 0 aliphatic heterocycles. The molecule has 0 bridgehead atoms. The first-order valence-electron chi connectivity index (χ1n) is 11.0. The van der Waals surface area contributed by atoms with Crippen LogP contribution in [0.15, 0.2) is 59.2 Å². The van der Waals surface area contributed by atoms with Gasteiger partial charge in [-0.25, -0.2) is 0 Å². The van der Waals surface area contributed by atoms with Gasteiger partial charge in [-0.2, -0.15) is 5.26 Å². The minimum absolute atomic E-state index is 0.0359. The van der Waals surface area contributed by atoms with Gasteiger partial charge in [0.25, 0.3) is 5.91 Å². The van der Waals surface area contributed by atoms with E-state index in [9.17, 15) is 14.7 Å². The molecule has 9 heteroatoms. The standard InChI is InChI=1S/C26H28N3O5Si/c1-26(2,3)23(34-35(4)5)19-15-33-22(21(19)16-9-7-6-8-10-16)25(32)29-28-24(31)17-11-12-20(30)18(13-17)14-27/h6-13,15,23,30H,1-5H3,(H,28,31)(H,29,32). The van der Waals surface area contributed by atoms with Crippen molar-refractivity contribution in [3.8, 4) is 22.9 Å². The predicted octanol–water partition coefficient (Wildman–Crippen LogP) is 4.95. The number of benzene rings is 2. The Hall–Kier alpha value is -3.87. The molecule has 35 heavy (non-hydrogen) atoms. The quantitative estimate of drug-likeness (QED) is 0.332. The summed E-state index contributed by atoms with van der Waals surface area (Å²) in [6.45, 7) is 10.3. The molecule has 1 radical (unpaired) electrons. The number of carbonyl (C=O) groups is 2. The summed E-state index contributed by atoms with van der Waals surface area (Å²) in [5, 5.41) is 18.7. The molecule has 1 aromatic heterocycles. The van der Waals surface area contributed by atoms with E-state index in [4.69, 9.17) is 14.1 Å². The van der Waals surface area contributed by atoms with Crippen LogP contribution in [0, 0.1) is 16.7 Å². The van der Waals surface area contributed by atoms with Gasteiger partial charge in [-0.3, -0.25) is 20.4 Å². The molecule has 0 saturated heterocycles. The molecule has 1 unspecified atom stereocenters. The van der Waals surface area contributed by atoms with E-state index in [1.807, 2.05) is 30.3 Å². The Labute approximate surface area is 206 Å². The van der Waals surface area contributed by atoms with E-state index >= 15 is 0 Å². The Kier molecular flexibility index (Phi) is 7.79. The molecule has 0 fully saturated rings. The highest BCUT2D eigenvalue weighted by Crippen LogP contribution is 2.43. The number of phenolic OH excluding ortho intramolecular Hbond substituents is 1. The number of furan rings is 1. The van der Waals surface area contributed by atoms with Crippen LogP contribution in [-0.2, 0) is 4.43 Å². The van der Waals surface area contributed by atoms with Crippen LogP contribution in [0.1, 0.15) is 58.9 Å². The molecule has 0 spiro atoms. The summed E-state index contributed by atoms with van der Waals surface area (Å²) in [7, 11) is -1.07. The van der Waals surface area contributed by atoms with Crippen LogP contribution in [0.4, 0.5) is 0 Å². The molecule has 181 valence electrons. The summed E-state index contributed by atoms with van der Waals surface area (Å²) in [5.41, 5.74) is 6.62. The zero-order valence-electron chi connectivity index (χ0n) is 20.3. The fourth-order valence-electron chi connectivity index (χ4n) is 3.59. The van der Waals surface area contributed by atoms with Crippen molar-refractivity contribution in [1.29, 1.82) is 5.26 Å². The zero-order valence-corrected chi connectivity index (χ0v) is 21.3. The molecule has 2 amide bonds. The molecule has 3 rings (SSSR count). The molecule has 0 saturated carbocycles. The molecule has 1 heterocycles. The number of hydrogen-bond acceptors (Lipinski definition) is 6. The van der Waals surface area contributed by atoms with Crippen molar-refractivity contribution in [2.75, 3.05) is 0 Å². The highest BCUT2D eigenvalue weighted by atomic mass is 28.3. The maximum atomic E-state index is 13.1. The SMILES string of the molecule is C[Si](C)OC(c1coc(C(=O)NNC(=O)c2ccc(O)c(C#N)c2)c1-c1ccccc1)C(C)(C)C. The van der Waals surface area contributed by atoms with E-state index in [0.29, 0.717) is 5.56 Å². The summed E-state index contributed by atoms with van der Waals surface area (Å²) >= 11 is 0. The van der Waals surface area contributed by atoms with Crippen molar-refractivity contribution in [3.63, 3.8) is 0 Å². The Morgan fingerprint density at radius 3 is 2.34 bits per heavy atom. The summed E-state index contributed by atoms with van der Waals surface area (Å²) < 4.78 is 12.1. The van der Waals surface area contributed by atoms with E-state index in [0.717, 1.165) is 11.1 Å². The van der Waals surface area contributed by atoms with Gasteiger partial charge in [0.15, 0.2) is 0 Å². The fraction of sp³-hybridized carbons (Fsp3) is 0.269. The normalized spacial score (nSPS) is 12.1. The van der Waals surface area contributed by atoms with Crippen LogP contribution >= 0.6 is 0 Å². The highest BCUT2D eigenvalue weighted by molar-refractivity contribution is 6.48. The lowest BCUT2D eigenvalue weighted by Crippen LogP contribution is -2.41. The Bertz CT molecular complexity index is 1260. The van der Waals surface area contributed by atoms with E-state index < -0.39 is 20.9 Å². The number of nitrogens with one attached hydrogen (secondary N) is 2. The molecule has 3 aromatic rings. The second-order valence-electron chi connectivity index (χ2n) is 9.29. The Balaban J connectivity index is 1.93. The lowest BCUT2D eigenvalue weighted by atomic mass is 9.83. The van der Waals surface area contributed by atoms with Crippen LogP contribution in [0.5, 0.6) is 5.75 Å². The average molecular weight is 491 g/mol. The second kappa shape index (κ2) is 10.6. The minimum atomic E-state index is -1.07. The van der Waals surface area contributed by atoms with Crippen molar-refractivity contribution in [2.24, 2.45) is 5.41 Å². The van der Waals surface area contributed by atoms with E-state index in [1.165, 1.54) is 18.2 Å². The predicted molar refractivity (Wildman–Crippen MR) is 133 cm³/mol. The second-order valence-corrected chi connectivity index (χ2v) is 11.3. The van der Waals surface area contributed by atoms with Crippen LogP contribution in [0.25, 0.3) is 11.1 Å². The first kappa shape index (κ1) is 25.7. The third-order valence-corrected chi connectivity index (χ3v) is 5.89. The Morgan fingerprint density at radius 2 is 1.74 bits per heavy atom. The fourth-order valence-corrected chi connectivity index (χ4v) is 4.54. The van der Waals surface area contributed by atoms with Gasteiger partial charge >= 0.3 is 5.91 Å². The average Bonchev–Trinajstić information content (AvgIpc) is 3.25. The number of phenols is 1.